The molecule has 2 N–H and O–H groups in total. The van der Waals surface area contributed by atoms with Gasteiger partial charge in [0.15, 0.2) is 0 Å². The molecule has 0 spiro atoms. The summed E-state index contributed by atoms with van der Waals surface area (Å²) in [5.41, 5.74) is 11.2. The van der Waals surface area contributed by atoms with Gasteiger partial charge in [-0.1, -0.05) is 70.8 Å². The molecule has 2 aliphatic heterocycles. The SMILES string of the molecule is CCCCCCCCCCCCc1cccnc1-c1cc2cc3ccc(cc4nc(cc5nc(cc1[nH]2)C=C5)C=C4)[nH]3. The molecule has 0 amide bonds. The molecule has 5 heteroatoms. The van der Waals surface area contributed by atoms with Gasteiger partial charge in [0.05, 0.1) is 34.0 Å². The Bertz CT molecular complexity index is 1740. The summed E-state index contributed by atoms with van der Waals surface area (Å²) in [5.74, 6) is 0. The standard InChI is InChI=1S/C37H41N5/c1-2-3-4-5-6-7-8-9-10-11-13-27-14-12-21-38-37(27)35-25-34-24-32-18-17-30(40-32)22-28-15-16-29(39-28)23-31-19-20-33(41-31)26-36(35)42-34/h12,14-26,40,42H,2-11,13H2,1H3. The normalized spacial score (nSPS) is 12.3. The second-order valence-electron chi connectivity index (χ2n) is 11.5. The first-order valence-corrected chi connectivity index (χ1v) is 15.8. The number of hydrogen-bond acceptors (Lipinski definition) is 3. The number of rotatable bonds is 12. The van der Waals surface area contributed by atoms with E-state index >= 15 is 0 Å². The Kier molecular flexibility index (Phi) is 9.04. The van der Waals surface area contributed by atoms with Crippen LogP contribution in [0.25, 0.3) is 57.6 Å². The molecule has 0 aliphatic carbocycles. The predicted molar refractivity (Wildman–Crippen MR) is 178 cm³/mol. The molecule has 0 atom stereocenters. The molecule has 0 saturated heterocycles. The lowest BCUT2D eigenvalue weighted by Gasteiger charge is -2.08. The molecule has 0 fully saturated rings. The number of unbranched alkanes of at least 4 members (excludes halogenated alkanes) is 9. The van der Waals surface area contributed by atoms with E-state index in [4.69, 9.17) is 15.0 Å². The van der Waals surface area contributed by atoms with Gasteiger partial charge < -0.3 is 9.97 Å². The van der Waals surface area contributed by atoms with E-state index in [9.17, 15) is 0 Å². The van der Waals surface area contributed by atoms with Gasteiger partial charge in [0.2, 0.25) is 0 Å². The van der Waals surface area contributed by atoms with Crippen LogP contribution in [0.3, 0.4) is 0 Å². The Morgan fingerprint density at radius 2 is 1.19 bits per heavy atom. The van der Waals surface area contributed by atoms with Crippen molar-refractivity contribution in [2.45, 2.75) is 77.6 Å². The average molecular weight is 556 g/mol. The Morgan fingerprint density at radius 1 is 0.571 bits per heavy atom. The number of H-pyrrole nitrogens is 2. The highest BCUT2D eigenvalue weighted by Gasteiger charge is 2.12. The smallest absolute Gasteiger partial charge is 0.0755 e. The number of hydrogen-bond donors (Lipinski definition) is 2. The van der Waals surface area contributed by atoms with Crippen molar-refractivity contribution >= 4 is 46.4 Å². The van der Waals surface area contributed by atoms with Crippen molar-refractivity contribution in [2.75, 3.05) is 0 Å². The number of aromatic amines is 2. The summed E-state index contributed by atoms with van der Waals surface area (Å²) in [7, 11) is 0. The van der Waals surface area contributed by atoms with E-state index in [-0.39, 0.29) is 0 Å². The van der Waals surface area contributed by atoms with E-state index < -0.39 is 0 Å². The summed E-state index contributed by atoms with van der Waals surface area (Å²) in [6.07, 6.45) is 24.6. The second kappa shape index (κ2) is 13.6. The van der Waals surface area contributed by atoms with Crippen LogP contribution in [0.2, 0.25) is 0 Å². The van der Waals surface area contributed by atoms with E-state index in [1.165, 1.54) is 69.8 Å². The van der Waals surface area contributed by atoms with Crippen LogP contribution in [0, 0.1) is 0 Å². The zero-order valence-electron chi connectivity index (χ0n) is 24.7. The van der Waals surface area contributed by atoms with E-state index in [1.807, 2.05) is 30.5 Å². The first kappa shape index (κ1) is 27.9. The maximum atomic E-state index is 4.90. The molecular formula is C37H41N5. The number of fused-ring (bicyclic) bond motifs is 8. The van der Waals surface area contributed by atoms with Gasteiger partial charge in [0.25, 0.3) is 0 Å². The molecule has 42 heavy (non-hydrogen) atoms. The quantitative estimate of drug-likeness (QED) is 0.148. The van der Waals surface area contributed by atoms with Gasteiger partial charge in [-0.05, 0) is 91.2 Å². The Morgan fingerprint density at radius 3 is 1.90 bits per heavy atom. The monoisotopic (exact) mass is 555 g/mol. The van der Waals surface area contributed by atoms with Crippen molar-refractivity contribution < 1.29 is 0 Å². The predicted octanol–water partition coefficient (Wildman–Crippen LogP) is 10.2. The zero-order chi connectivity index (χ0) is 28.6. The van der Waals surface area contributed by atoms with Crippen LogP contribution in [-0.4, -0.2) is 24.9 Å². The molecule has 5 nitrogen and oxygen atoms in total. The fourth-order valence-corrected chi connectivity index (χ4v) is 5.90. The molecule has 6 rings (SSSR count). The summed E-state index contributed by atoms with van der Waals surface area (Å²) in [5, 5.41) is 0. The van der Waals surface area contributed by atoms with Crippen molar-refractivity contribution in [1.82, 2.24) is 24.9 Å². The van der Waals surface area contributed by atoms with Crippen LogP contribution in [0.5, 0.6) is 0 Å². The molecule has 0 aromatic carbocycles. The van der Waals surface area contributed by atoms with Crippen molar-refractivity contribution in [3.63, 3.8) is 0 Å². The summed E-state index contributed by atoms with van der Waals surface area (Å²) < 4.78 is 0. The number of nitrogens with one attached hydrogen (secondary N) is 2. The highest BCUT2D eigenvalue weighted by atomic mass is 14.8. The van der Waals surface area contributed by atoms with Crippen molar-refractivity contribution in [3.05, 3.63) is 89.1 Å². The number of aryl methyl sites for hydroxylation is 1. The largest absolute Gasteiger partial charge is 0.355 e. The van der Waals surface area contributed by atoms with Gasteiger partial charge in [-0.25, -0.2) is 9.97 Å². The highest BCUT2D eigenvalue weighted by Crippen LogP contribution is 2.30. The summed E-state index contributed by atoms with van der Waals surface area (Å²) in [6.45, 7) is 2.28. The van der Waals surface area contributed by atoms with Crippen molar-refractivity contribution in [2.24, 2.45) is 0 Å². The maximum absolute atomic E-state index is 4.90. The number of nitrogens with zero attached hydrogens (tertiary/aromatic N) is 3. The van der Waals surface area contributed by atoms with Gasteiger partial charge in [-0.2, -0.15) is 0 Å². The fraction of sp³-hybridized carbons (Fsp3) is 0.324. The van der Waals surface area contributed by atoms with Gasteiger partial charge in [0, 0.05) is 28.3 Å². The molecule has 8 bridgehead atoms. The third kappa shape index (κ3) is 7.14. The van der Waals surface area contributed by atoms with Gasteiger partial charge >= 0.3 is 0 Å². The van der Waals surface area contributed by atoms with Crippen LogP contribution in [-0.2, 0) is 6.42 Å². The molecule has 6 heterocycles. The minimum absolute atomic E-state index is 0.902. The average Bonchev–Trinajstić information content (AvgIpc) is 3.80. The molecule has 0 saturated carbocycles. The van der Waals surface area contributed by atoms with Crippen LogP contribution >= 0.6 is 0 Å². The number of pyridine rings is 1. The van der Waals surface area contributed by atoms with Crippen LogP contribution < -0.4 is 0 Å². The molecule has 214 valence electrons. The Hall–Kier alpha value is -4.25. The van der Waals surface area contributed by atoms with Gasteiger partial charge in [-0.3, -0.25) is 4.98 Å². The molecule has 4 aromatic rings. The van der Waals surface area contributed by atoms with E-state index in [1.54, 1.807) is 0 Å². The third-order valence-electron chi connectivity index (χ3n) is 8.11. The maximum Gasteiger partial charge on any atom is 0.0755 e. The molecular weight excluding hydrogens is 514 g/mol. The number of aromatic nitrogens is 5. The lowest BCUT2D eigenvalue weighted by Crippen LogP contribution is -1.93. The minimum Gasteiger partial charge on any atom is -0.355 e. The van der Waals surface area contributed by atoms with Crippen LogP contribution in [0.15, 0.2) is 60.8 Å². The van der Waals surface area contributed by atoms with Crippen LogP contribution in [0.1, 0.15) is 99.5 Å². The molecule has 0 unspecified atom stereocenters. The lowest BCUT2D eigenvalue weighted by molar-refractivity contribution is 0.556. The Labute approximate surface area is 248 Å². The zero-order valence-corrected chi connectivity index (χ0v) is 24.7. The third-order valence-corrected chi connectivity index (χ3v) is 8.11. The van der Waals surface area contributed by atoms with Gasteiger partial charge in [0.1, 0.15) is 0 Å². The first-order chi connectivity index (χ1) is 20.7. The molecule has 0 radical (unpaired) electrons. The summed E-state index contributed by atoms with van der Waals surface area (Å²) >= 11 is 0. The Balaban J connectivity index is 1.28. The molecule has 4 aromatic heterocycles. The summed E-state index contributed by atoms with van der Waals surface area (Å²) in [4.78, 5) is 21.7. The van der Waals surface area contributed by atoms with Crippen LogP contribution in [0.4, 0.5) is 0 Å². The van der Waals surface area contributed by atoms with Gasteiger partial charge in [-0.15, -0.1) is 0 Å². The molecule has 2 aliphatic rings. The van der Waals surface area contributed by atoms with E-state index in [0.29, 0.717) is 0 Å². The minimum atomic E-state index is 0.902. The highest BCUT2D eigenvalue weighted by molar-refractivity contribution is 5.87. The second-order valence-corrected chi connectivity index (χ2v) is 11.5. The summed E-state index contributed by atoms with van der Waals surface area (Å²) in [6, 6.07) is 19.1. The van der Waals surface area contributed by atoms with E-state index in [2.05, 4.69) is 71.5 Å². The fourth-order valence-electron chi connectivity index (χ4n) is 5.90. The lowest BCUT2D eigenvalue weighted by atomic mass is 10.00. The van der Waals surface area contributed by atoms with Crippen molar-refractivity contribution in [1.29, 1.82) is 0 Å². The topological polar surface area (TPSA) is 70.2 Å². The first-order valence-electron chi connectivity index (χ1n) is 15.8. The van der Waals surface area contributed by atoms with E-state index in [0.717, 1.165) is 62.5 Å². The van der Waals surface area contributed by atoms with Crippen molar-refractivity contribution in [3.8, 4) is 11.3 Å².